The van der Waals surface area contributed by atoms with Crippen LogP contribution in [0, 0.1) is 11.8 Å². The predicted molar refractivity (Wildman–Crippen MR) is 86.0 cm³/mol. The largest absolute Gasteiger partial charge is 0.508 e. The summed E-state index contributed by atoms with van der Waals surface area (Å²) in [5, 5.41) is 42.8. The van der Waals surface area contributed by atoms with Crippen LogP contribution in [-0.2, 0) is 4.79 Å². The number of aliphatic hydroxyl groups is 3. The first-order valence-electron chi connectivity index (χ1n) is 8.20. The summed E-state index contributed by atoms with van der Waals surface area (Å²) in [4.78, 5) is 12.6. The number of ketones is 1. The van der Waals surface area contributed by atoms with E-state index in [0.717, 1.165) is 5.57 Å². The van der Waals surface area contributed by atoms with Crippen LogP contribution in [0.5, 0.6) is 5.75 Å². The first-order valence-corrected chi connectivity index (χ1v) is 8.20. The molecular formula is C19H20O5. The quantitative estimate of drug-likeness (QED) is 0.581. The van der Waals surface area contributed by atoms with Crippen molar-refractivity contribution in [2.75, 3.05) is 0 Å². The molecule has 0 aromatic heterocycles. The second-order valence-corrected chi connectivity index (χ2v) is 7.20. The Bertz CT molecular complexity index is 793. The maximum atomic E-state index is 12.6. The molecular weight excluding hydrogens is 308 g/mol. The molecule has 0 spiro atoms. The van der Waals surface area contributed by atoms with Crippen molar-refractivity contribution in [1.29, 1.82) is 0 Å². The molecule has 0 amide bonds. The van der Waals surface area contributed by atoms with Crippen molar-refractivity contribution >= 4 is 5.78 Å². The average molecular weight is 328 g/mol. The number of allylic oxidation sites excluding steroid dienone is 2. The lowest BCUT2D eigenvalue weighted by Crippen LogP contribution is -2.52. The van der Waals surface area contributed by atoms with Crippen molar-refractivity contribution in [3.05, 3.63) is 52.6 Å². The SMILES string of the molecule is CC1CC(=O)C2=C(C=CC3(O)C(O)c4c(O)cccc4C(O)C23)C1. The Morgan fingerprint density at radius 2 is 1.96 bits per heavy atom. The number of benzene rings is 1. The molecule has 5 unspecified atom stereocenters. The fourth-order valence-corrected chi connectivity index (χ4v) is 4.47. The summed E-state index contributed by atoms with van der Waals surface area (Å²) >= 11 is 0. The van der Waals surface area contributed by atoms with Gasteiger partial charge in [-0.15, -0.1) is 0 Å². The van der Waals surface area contributed by atoms with Crippen LogP contribution in [0.4, 0.5) is 0 Å². The first-order chi connectivity index (χ1) is 11.3. The number of hydrogen-bond donors (Lipinski definition) is 4. The van der Waals surface area contributed by atoms with Crippen molar-refractivity contribution in [3.63, 3.8) is 0 Å². The van der Waals surface area contributed by atoms with E-state index in [4.69, 9.17) is 0 Å². The standard InChI is InChI=1S/C19H20O5/c1-9-7-10-5-6-19(24)16(14(10)13(21)8-9)17(22)11-3-2-4-12(20)15(11)18(19)23/h2-6,9,16-18,20,22-24H,7-8H2,1H3. The van der Waals surface area contributed by atoms with Crippen molar-refractivity contribution < 1.29 is 25.2 Å². The molecule has 0 bridgehead atoms. The lowest BCUT2D eigenvalue weighted by atomic mass is 9.60. The van der Waals surface area contributed by atoms with E-state index in [9.17, 15) is 25.2 Å². The molecule has 0 aliphatic heterocycles. The topological polar surface area (TPSA) is 98.0 Å². The highest BCUT2D eigenvalue weighted by molar-refractivity contribution is 5.99. The number of phenolic OH excluding ortho intramolecular Hbond substituents is 1. The summed E-state index contributed by atoms with van der Waals surface area (Å²) in [6, 6.07) is 4.59. The molecule has 4 N–H and O–H groups in total. The van der Waals surface area contributed by atoms with E-state index in [1.54, 1.807) is 18.2 Å². The van der Waals surface area contributed by atoms with E-state index < -0.39 is 23.7 Å². The number of fused-ring (bicyclic) bond motifs is 3. The van der Waals surface area contributed by atoms with Crippen molar-refractivity contribution in [1.82, 2.24) is 0 Å². The van der Waals surface area contributed by atoms with Gasteiger partial charge in [-0.2, -0.15) is 0 Å². The Hall–Kier alpha value is -1.95. The molecule has 5 atom stereocenters. The molecule has 5 heteroatoms. The summed E-state index contributed by atoms with van der Waals surface area (Å²) in [5.41, 5.74) is -0.109. The third-order valence-electron chi connectivity index (χ3n) is 5.57. The average Bonchev–Trinajstić information content (AvgIpc) is 2.53. The van der Waals surface area contributed by atoms with Crippen molar-refractivity contribution in [2.24, 2.45) is 11.8 Å². The van der Waals surface area contributed by atoms with Gasteiger partial charge in [0.1, 0.15) is 17.5 Å². The second-order valence-electron chi connectivity index (χ2n) is 7.20. The number of carbonyl (C=O) groups is 1. The maximum absolute atomic E-state index is 12.6. The molecule has 0 fully saturated rings. The fraction of sp³-hybridized carbons (Fsp3) is 0.421. The second kappa shape index (κ2) is 5.02. The van der Waals surface area contributed by atoms with Crippen LogP contribution in [-0.4, -0.2) is 31.8 Å². The van der Waals surface area contributed by atoms with Crippen LogP contribution in [0.25, 0.3) is 0 Å². The zero-order valence-electron chi connectivity index (χ0n) is 13.3. The Kier molecular flexibility index (Phi) is 3.26. The van der Waals surface area contributed by atoms with Gasteiger partial charge in [-0.05, 0) is 35.6 Å². The molecule has 0 saturated heterocycles. The Morgan fingerprint density at radius 3 is 2.71 bits per heavy atom. The minimum absolute atomic E-state index is 0.0913. The molecule has 0 radical (unpaired) electrons. The van der Waals surface area contributed by atoms with Gasteiger partial charge in [-0.1, -0.05) is 25.1 Å². The molecule has 3 aliphatic rings. The monoisotopic (exact) mass is 328 g/mol. The van der Waals surface area contributed by atoms with E-state index in [1.165, 1.54) is 12.1 Å². The van der Waals surface area contributed by atoms with Crippen LogP contribution in [0.3, 0.4) is 0 Å². The van der Waals surface area contributed by atoms with Crippen LogP contribution in [0.15, 0.2) is 41.5 Å². The summed E-state index contributed by atoms with van der Waals surface area (Å²) in [7, 11) is 0. The van der Waals surface area contributed by atoms with Crippen LogP contribution < -0.4 is 0 Å². The molecule has 4 rings (SSSR count). The Morgan fingerprint density at radius 1 is 1.21 bits per heavy atom. The summed E-state index contributed by atoms with van der Waals surface area (Å²) < 4.78 is 0. The van der Waals surface area contributed by atoms with Gasteiger partial charge in [-0.3, -0.25) is 4.79 Å². The molecule has 5 nitrogen and oxygen atoms in total. The highest BCUT2D eigenvalue weighted by Crippen LogP contribution is 2.56. The normalized spacial score (nSPS) is 37.8. The number of phenols is 1. The van der Waals surface area contributed by atoms with Gasteiger partial charge >= 0.3 is 0 Å². The van der Waals surface area contributed by atoms with Crippen LogP contribution in [0.2, 0.25) is 0 Å². The van der Waals surface area contributed by atoms with Gasteiger partial charge in [-0.25, -0.2) is 0 Å². The molecule has 0 saturated carbocycles. The Labute approximate surface area is 139 Å². The van der Waals surface area contributed by atoms with E-state index in [2.05, 4.69) is 0 Å². The smallest absolute Gasteiger partial charge is 0.159 e. The zero-order chi connectivity index (χ0) is 17.2. The lowest BCUT2D eigenvalue weighted by Gasteiger charge is -2.49. The summed E-state index contributed by atoms with van der Waals surface area (Å²) in [6.07, 6.45) is 1.63. The Balaban J connectivity index is 1.94. The van der Waals surface area contributed by atoms with E-state index in [0.29, 0.717) is 24.0 Å². The summed E-state index contributed by atoms with van der Waals surface area (Å²) in [5.74, 6) is -0.982. The van der Waals surface area contributed by atoms with Gasteiger partial charge in [0.2, 0.25) is 0 Å². The third kappa shape index (κ3) is 1.89. The van der Waals surface area contributed by atoms with E-state index in [1.807, 2.05) is 6.92 Å². The van der Waals surface area contributed by atoms with Gasteiger partial charge in [0.15, 0.2) is 5.78 Å². The highest BCUT2D eigenvalue weighted by atomic mass is 16.3. The summed E-state index contributed by atoms with van der Waals surface area (Å²) in [6.45, 7) is 2.00. The molecule has 1 aromatic rings. The maximum Gasteiger partial charge on any atom is 0.159 e. The first kappa shape index (κ1) is 15.6. The molecule has 126 valence electrons. The van der Waals surface area contributed by atoms with E-state index in [-0.39, 0.29) is 23.0 Å². The lowest BCUT2D eigenvalue weighted by molar-refractivity contribution is -0.132. The van der Waals surface area contributed by atoms with E-state index >= 15 is 0 Å². The highest BCUT2D eigenvalue weighted by Gasteiger charge is 2.56. The number of Topliss-reactive ketones (excluding diaryl/α,β-unsaturated/α-hetero) is 1. The van der Waals surface area contributed by atoms with Crippen molar-refractivity contribution in [2.45, 2.75) is 37.6 Å². The van der Waals surface area contributed by atoms with Gasteiger partial charge in [0.25, 0.3) is 0 Å². The van der Waals surface area contributed by atoms with Gasteiger partial charge in [0.05, 0.1) is 12.0 Å². The number of aromatic hydroxyl groups is 1. The number of aliphatic hydroxyl groups excluding tert-OH is 2. The van der Waals surface area contributed by atoms with Gasteiger partial charge < -0.3 is 20.4 Å². The third-order valence-corrected chi connectivity index (χ3v) is 5.57. The molecule has 1 aromatic carbocycles. The van der Waals surface area contributed by atoms with Crippen LogP contribution >= 0.6 is 0 Å². The molecule has 3 aliphatic carbocycles. The number of rotatable bonds is 0. The predicted octanol–water partition coefficient (Wildman–Crippen LogP) is 1.69. The number of hydrogen-bond acceptors (Lipinski definition) is 5. The zero-order valence-corrected chi connectivity index (χ0v) is 13.3. The minimum atomic E-state index is -1.82. The van der Waals surface area contributed by atoms with Gasteiger partial charge in [0, 0.05) is 17.6 Å². The minimum Gasteiger partial charge on any atom is -0.508 e. The van der Waals surface area contributed by atoms with Crippen molar-refractivity contribution in [3.8, 4) is 5.75 Å². The number of carbonyl (C=O) groups excluding carboxylic acids is 1. The molecule has 24 heavy (non-hydrogen) atoms. The fourth-order valence-electron chi connectivity index (χ4n) is 4.47. The molecule has 0 heterocycles. The van der Waals surface area contributed by atoms with Crippen LogP contribution in [0.1, 0.15) is 43.1 Å².